The highest BCUT2D eigenvalue weighted by Gasteiger charge is 2.25. The number of rotatable bonds is 7. The summed E-state index contributed by atoms with van der Waals surface area (Å²) in [5.74, 6) is 1.35. The third kappa shape index (κ3) is 4.44. The number of piperidine rings is 1. The second-order valence-electron chi connectivity index (χ2n) is 7.78. The van der Waals surface area contributed by atoms with Gasteiger partial charge in [-0.25, -0.2) is 14.4 Å². The van der Waals surface area contributed by atoms with Crippen LogP contribution in [0.15, 0.2) is 58.1 Å². The summed E-state index contributed by atoms with van der Waals surface area (Å²) in [7, 11) is 0. The van der Waals surface area contributed by atoms with Gasteiger partial charge in [-0.2, -0.15) is 0 Å². The van der Waals surface area contributed by atoms with Gasteiger partial charge in [0.15, 0.2) is 17.7 Å². The average Bonchev–Trinajstić information content (AvgIpc) is 3.48. The lowest BCUT2D eigenvalue weighted by atomic mass is 9.91. The summed E-state index contributed by atoms with van der Waals surface area (Å²) >= 11 is 0. The van der Waals surface area contributed by atoms with Gasteiger partial charge in [-0.15, -0.1) is 0 Å². The predicted molar refractivity (Wildman–Crippen MR) is 112 cm³/mol. The van der Waals surface area contributed by atoms with Crippen LogP contribution in [-0.4, -0.2) is 46.3 Å². The number of likely N-dealkylation sites (tertiary alicyclic amines) is 1. The minimum Gasteiger partial charge on any atom is -0.478 e. The lowest BCUT2D eigenvalue weighted by Crippen LogP contribution is -2.34. The second kappa shape index (κ2) is 8.85. The van der Waals surface area contributed by atoms with Crippen molar-refractivity contribution in [3.63, 3.8) is 0 Å². The highest BCUT2D eigenvalue weighted by atomic mass is 19.1. The van der Waals surface area contributed by atoms with Crippen molar-refractivity contribution in [3.8, 4) is 17.2 Å². The molecule has 4 heterocycles. The minimum atomic E-state index is -0.298. The van der Waals surface area contributed by atoms with E-state index in [4.69, 9.17) is 13.7 Å². The Morgan fingerprint density at radius 1 is 1.13 bits per heavy atom. The van der Waals surface area contributed by atoms with Gasteiger partial charge in [0.05, 0.1) is 18.5 Å². The largest absolute Gasteiger partial charge is 0.478 e. The van der Waals surface area contributed by atoms with E-state index in [0.717, 1.165) is 55.5 Å². The summed E-state index contributed by atoms with van der Waals surface area (Å²) in [5, 5.41) is 5.15. The third-order valence-corrected chi connectivity index (χ3v) is 5.76. The van der Waals surface area contributed by atoms with Gasteiger partial charge >= 0.3 is 0 Å². The smallest absolute Gasteiger partial charge is 0.213 e. The zero-order valence-corrected chi connectivity index (χ0v) is 17.0. The van der Waals surface area contributed by atoms with Crippen LogP contribution < -0.4 is 4.74 Å². The molecule has 7 nitrogen and oxygen atoms in total. The Bertz CT molecular complexity index is 1120. The van der Waals surface area contributed by atoms with Gasteiger partial charge in [-0.1, -0.05) is 5.16 Å². The van der Waals surface area contributed by atoms with Crippen LogP contribution in [0.1, 0.15) is 30.9 Å². The van der Waals surface area contributed by atoms with Crippen molar-refractivity contribution in [2.75, 3.05) is 26.2 Å². The van der Waals surface area contributed by atoms with Crippen LogP contribution in [-0.2, 0) is 0 Å². The molecule has 0 spiro atoms. The number of hydrogen-bond donors (Lipinski definition) is 0. The summed E-state index contributed by atoms with van der Waals surface area (Å²) in [6.07, 6.45) is 7.75. The monoisotopic (exact) mass is 422 g/mol. The summed E-state index contributed by atoms with van der Waals surface area (Å²) in [6, 6.07) is 8.39. The molecule has 5 rings (SSSR count). The van der Waals surface area contributed by atoms with Crippen molar-refractivity contribution in [3.05, 3.63) is 60.6 Å². The molecule has 0 unspecified atom stereocenters. The Morgan fingerprint density at radius 3 is 2.81 bits per heavy atom. The van der Waals surface area contributed by atoms with Crippen LogP contribution in [0.4, 0.5) is 4.39 Å². The molecule has 0 N–H and O–H groups in total. The zero-order valence-electron chi connectivity index (χ0n) is 17.0. The van der Waals surface area contributed by atoms with Crippen molar-refractivity contribution in [2.24, 2.45) is 0 Å². The molecule has 160 valence electrons. The van der Waals surface area contributed by atoms with Crippen LogP contribution >= 0.6 is 0 Å². The number of aromatic nitrogens is 3. The summed E-state index contributed by atoms with van der Waals surface area (Å²) in [6.45, 7) is 3.61. The summed E-state index contributed by atoms with van der Waals surface area (Å²) < 4.78 is 29.7. The molecule has 4 aromatic rings. The molecule has 0 radical (unpaired) electrons. The van der Waals surface area contributed by atoms with E-state index >= 15 is 0 Å². The summed E-state index contributed by atoms with van der Waals surface area (Å²) in [4.78, 5) is 10.7. The number of hydrogen-bond acceptors (Lipinski definition) is 7. The maximum atomic E-state index is 13.4. The van der Waals surface area contributed by atoms with E-state index in [0.29, 0.717) is 29.7 Å². The first-order chi connectivity index (χ1) is 15.3. The molecule has 0 saturated carbocycles. The first-order valence-electron chi connectivity index (χ1n) is 10.5. The molecule has 0 amide bonds. The van der Waals surface area contributed by atoms with Crippen molar-refractivity contribution >= 4 is 11.0 Å². The zero-order chi connectivity index (χ0) is 21.0. The van der Waals surface area contributed by atoms with Crippen molar-refractivity contribution < 1.29 is 18.1 Å². The molecule has 8 heteroatoms. The van der Waals surface area contributed by atoms with Crippen LogP contribution in [0.5, 0.6) is 5.88 Å². The van der Waals surface area contributed by atoms with Crippen molar-refractivity contribution in [1.82, 2.24) is 20.0 Å². The van der Waals surface area contributed by atoms with Crippen LogP contribution in [0.3, 0.4) is 0 Å². The molecule has 1 aliphatic heterocycles. The second-order valence-corrected chi connectivity index (χ2v) is 7.78. The number of benzene rings is 1. The van der Waals surface area contributed by atoms with Gasteiger partial charge in [0.25, 0.3) is 0 Å². The number of pyridine rings is 1. The van der Waals surface area contributed by atoms with Gasteiger partial charge in [0.2, 0.25) is 5.88 Å². The average molecular weight is 422 g/mol. The maximum absolute atomic E-state index is 13.4. The molecule has 0 atom stereocenters. The first-order valence-corrected chi connectivity index (χ1v) is 10.5. The Balaban J connectivity index is 1.06. The molecule has 0 bridgehead atoms. The quantitative estimate of drug-likeness (QED) is 0.401. The fourth-order valence-corrected chi connectivity index (χ4v) is 4.09. The molecular weight excluding hydrogens is 399 g/mol. The van der Waals surface area contributed by atoms with Crippen molar-refractivity contribution in [1.29, 1.82) is 0 Å². The molecule has 31 heavy (non-hydrogen) atoms. The minimum absolute atomic E-state index is 0.298. The molecule has 1 aromatic carbocycles. The summed E-state index contributed by atoms with van der Waals surface area (Å²) in [5.41, 5.74) is 2.35. The number of ether oxygens (including phenoxy) is 1. The third-order valence-electron chi connectivity index (χ3n) is 5.76. The van der Waals surface area contributed by atoms with Crippen LogP contribution in [0.25, 0.3) is 22.3 Å². The van der Waals surface area contributed by atoms with E-state index in [9.17, 15) is 4.39 Å². The van der Waals surface area contributed by atoms with E-state index in [1.165, 1.54) is 18.5 Å². The standard InChI is InChI=1S/C23H23FN4O3/c24-18-3-4-19-20(12-18)31-27-23(19)16-6-9-28(10-7-16)8-1-11-29-22-5-2-17(13-26-22)21-14-25-15-30-21/h2-5,12-16H,1,6-11H2. The first kappa shape index (κ1) is 19.7. The Hall–Kier alpha value is -3.26. The fourth-order valence-electron chi connectivity index (χ4n) is 4.09. The SMILES string of the molecule is Fc1ccc2c(C3CCN(CCCOc4ccc(-c5cnco5)cn4)CC3)noc2c1. The van der Waals surface area contributed by atoms with E-state index in [2.05, 4.69) is 20.0 Å². The van der Waals surface area contributed by atoms with E-state index in [1.54, 1.807) is 18.5 Å². The van der Waals surface area contributed by atoms with E-state index in [1.807, 2.05) is 12.1 Å². The normalized spacial score (nSPS) is 15.5. The fraction of sp³-hybridized carbons (Fsp3) is 0.348. The number of halogens is 1. The lowest BCUT2D eigenvalue weighted by Gasteiger charge is -2.31. The van der Waals surface area contributed by atoms with Gasteiger partial charge in [-0.05, 0) is 50.6 Å². The van der Waals surface area contributed by atoms with E-state index in [-0.39, 0.29) is 5.82 Å². The van der Waals surface area contributed by atoms with Crippen LogP contribution in [0, 0.1) is 5.82 Å². The molecule has 1 aliphatic rings. The number of oxazole rings is 1. The molecule has 0 aliphatic carbocycles. The maximum Gasteiger partial charge on any atom is 0.213 e. The molecule has 1 saturated heterocycles. The number of nitrogens with zero attached hydrogens (tertiary/aromatic N) is 4. The highest BCUT2D eigenvalue weighted by Crippen LogP contribution is 2.32. The molecule has 1 fully saturated rings. The van der Waals surface area contributed by atoms with Gasteiger partial charge in [-0.3, -0.25) is 0 Å². The highest BCUT2D eigenvalue weighted by molar-refractivity contribution is 5.79. The van der Waals surface area contributed by atoms with Gasteiger partial charge < -0.3 is 18.6 Å². The van der Waals surface area contributed by atoms with Crippen molar-refractivity contribution in [2.45, 2.75) is 25.2 Å². The molecule has 3 aromatic heterocycles. The van der Waals surface area contributed by atoms with Gasteiger partial charge in [0, 0.05) is 41.7 Å². The Kier molecular flexibility index (Phi) is 5.62. The van der Waals surface area contributed by atoms with Crippen LogP contribution in [0.2, 0.25) is 0 Å². The predicted octanol–water partition coefficient (Wildman–Crippen LogP) is 4.67. The Labute approximate surface area is 178 Å². The topological polar surface area (TPSA) is 77.4 Å². The number of fused-ring (bicyclic) bond motifs is 1. The van der Waals surface area contributed by atoms with E-state index < -0.39 is 0 Å². The molecular formula is C23H23FN4O3. The van der Waals surface area contributed by atoms with Gasteiger partial charge in [0.1, 0.15) is 5.82 Å². The lowest BCUT2D eigenvalue weighted by molar-refractivity contribution is 0.189. The Morgan fingerprint density at radius 2 is 2.03 bits per heavy atom.